The van der Waals surface area contributed by atoms with Gasteiger partial charge in [0.2, 0.25) is 0 Å². The van der Waals surface area contributed by atoms with Gasteiger partial charge in [-0.15, -0.1) is 24.0 Å². The lowest BCUT2D eigenvalue weighted by Crippen LogP contribution is -2.60. The third kappa shape index (κ3) is 7.66. The Morgan fingerprint density at radius 1 is 1.26 bits per heavy atom. The molecule has 1 aromatic rings. The van der Waals surface area contributed by atoms with E-state index in [-0.39, 0.29) is 29.5 Å². The highest BCUT2D eigenvalue weighted by Crippen LogP contribution is 2.33. The van der Waals surface area contributed by atoms with Crippen LogP contribution in [0.3, 0.4) is 0 Å². The molecular formula is C22H37IN4O3S. The second-order valence-electron chi connectivity index (χ2n) is 7.86. The van der Waals surface area contributed by atoms with E-state index in [1.54, 1.807) is 7.11 Å². The first-order valence-corrected chi connectivity index (χ1v) is 11.9. The molecule has 3 rings (SSSR count). The van der Waals surface area contributed by atoms with Crippen LogP contribution < -0.4 is 15.4 Å². The molecule has 7 nitrogen and oxygen atoms in total. The highest BCUT2D eigenvalue weighted by Gasteiger charge is 2.40. The minimum absolute atomic E-state index is 0. The lowest BCUT2D eigenvalue weighted by molar-refractivity contribution is -0.0120. The highest BCUT2D eigenvalue weighted by atomic mass is 127. The van der Waals surface area contributed by atoms with Gasteiger partial charge in [-0.05, 0) is 30.7 Å². The number of nitrogens with zero attached hydrogens (tertiary/aromatic N) is 2. The van der Waals surface area contributed by atoms with Crippen molar-refractivity contribution >= 4 is 41.7 Å². The van der Waals surface area contributed by atoms with E-state index in [0.29, 0.717) is 19.8 Å². The maximum Gasteiger partial charge on any atom is 0.191 e. The Kier molecular flexibility index (Phi) is 11.7. The lowest BCUT2D eigenvalue weighted by atomic mass is 9.95. The molecule has 31 heavy (non-hydrogen) atoms. The smallest absolute Gasteiger partial charge is 0.191 e. The fraction of sp³-hybridized carbons (Fsp3) is 0.682. The highest BCUT2D eigenvalue weighted by molar-refractivity contribution is 14.0. The van der Waals surface area contributed by atoms with Crippen LogP contribution in [-0.4, -0.2) is 88.1 Å². The van der Waals surface area contributed by atoms with E-state index in [9.17, 15) is 0 Å². The van der Waals surface area contributed by atoms with Gasteiger partial charge in [0.25, 0.3) is 0 Å². The first-order chi connectivity index (χ1) is 14.7. The Balaban J connectivity index is 0.00000341. The summed E-state index contributed by atoms with van der Waals surface area (Å²) in [6, 6.07) is 6.30. The number of hydrogen-bond acceptors (Lipinski definition) is 6. The second-order valence-corrected chi connectivity index (χ2v) is 8.96. The largest absolute Gasteiger partial charge is 0.491 e. The summed E-state index contributed by atoms with van der Waals surface area (Å²) in [4.78, 5) is 7.06. The molecular weight excluding hydrogens is 527 g/mol. The van der Waals surface area contributed by atoms with E-state index < -0.39 is 0 Å². The van der Waals surface area contributed by atoms with E-state index in [1.807, 2.05) is 18.8 Å². The molecule has 1 unspecified atom stereocenters. The van der Waals surface area contributed by atoms with E-state index in [4.69, 9.17) is 14.2 Å². The molecule has 176 valence electrons. The molecule has 0 radical (unpaired) electrons. The van der Waals surface area contributed by atoms with Crippen LogP contribution in [-0.2, 0) is 16.0 Å². The standard InChI is InChI=1S/C22H36N4O3S.HI/c1-18-4-5-19(20(14-18)29-12-11-27-3)15-24-21(23-2)25-16-22(6-13-30-17-22)26-7-9-28-10-8-26;/h4-5,14H,6-13,15-17H2,1-3H3,(H2,23,24,25);1H. The summed E-state index contributed by atoms with van der Waals surface area (Å²) >= 11 is 2.05. The van der Waals surface area contributed by atoms with Gasteiger partial charge in [-0.2, -0.15) is 11.8 Å². The molecule has 0 saturated carbocycles. The van der Waals surface area contributed by atoms with Gasteiger partial charge in [0, 0.05) is 57.2 Å². The topological polar surface area (TPSA) is 67.4 Å². The van der Waals surface area contributed by atoms with Crippen molar-refractivity contribution in [2.24, 2.45) is 4.99 Å². The number of ether oxygens (including phenoxy) is 3. The normalized spacial score (nSPS) is 22.1. The number of rotatable bonds is 9. The number of hydrogen-bond donors (Lipinski definition) is 2. The predicted octanol–water partition coefficient (Wildman–Crippen LogP) is 2.51. The van der Waals surface area contributed by atoms with Crippen molar-refractivity contribution in [3.05, 3.63) is 29.3 Å². The fourth-order valence-corrected chi connectivity index (χ4v) is 5.44. The summed E-state index contributed by atoms with van der Waals surface area (Å²) in [6.45, 7) is 8.43. The van der Waals surface area contributed by atoms with Crippen molar-refractivity contribution in [3.8, 4) is 5.75 Å². The van der Waals surface area contributed by atoms with Crippen LogP contribution in [0.1, 0.15) is 17.5 Å². The molecule has 0 amide bonds. The molecule has 2 fully saturated rings. The van der Waals surface area contributed by atoms with Gasteiger partial charge in [0.15, 0.2) is 5.96 Å². The Labute approximate surface area is 208 Å². The lowest BCUT2D eigenvalue weighted by Gasteiger charge is -2.43. The van der Waals surface area contributed by atoms with Gasteiger partial charge in [0.05, 0.1) is 19.8 Å². The third-order valence-corrected chi connectivity index (χ3v) is 7.02. The quantitative estimate of drug-likeness (QED) is 0.207. The Morgan fingerprint density at radius 2 is 2.06 bits per heavy atom. The summed E-state index contributed by atoms with van der Waals surface area (Å²) in [7, 11) is 3.51. The van der Waals surface area contributed by atoms with Crippen LogP contribution in [0.4, 0.5) is 0 Å². The Bertz CT molecular complexity index is 695. The number of thioether (sulfide) groups is 1. The number of guanidine groups is 1. The van der Waals surface area contributed by atoms with Crippen LogP contribution >= 0.6 is 35.7 Å². The van der Waals surface area contributed by atoms with Crippen LogP contribution in [0.25, 0.3) is 0 Å². The number of aryl methyl sites for hydroxylation is 1. The van der Waals surface area contributed by atoms with Gasteiger partial charge >= 0.3 is 0 Å². The minimum atomic E-state index is 0. The summed E-state index contributed by atoms with van der Waals surface area (Å²) in [5, 5.41) is 7.04. The van der Waals surface area contributed by atoms with Crippen molar-refractivity contribution < 1.29 is 14.2 Å². The maximum absolute atomic E-state index is 5.91. The van der Waals surface area contributed by atoms with Crippen molar-refractivity contribution in [2.75, 3.05) is 71.7 Å². The zero-order chi connectivity index (χ0) is 21.2. The zero-order valence-electron chi connectivity index (χ0n) is 18.9. The van der Waals surface area contributed by atoms with Gasteiger partial charge in [-0.25, -0.2) is 0 Å². The van der Waals surface area contributed by atoms with Crippen LogP contribution in [0.2, 0.25) is 0 Å². The van der Waals surface area contributed by atoms with Crippen LogP contribution in [0.15, 0.2) is 23.2 Å². The van der Waals surface area contributed by atoms with Gasteiger partial charge < -0.3 is 24.8 Å². The first-order valence-electron chi connectivity index (χ1n) is 10.7. The van der Waals surface area contributed by atoms with E-state index >= 15 is 0 Å². The molecule has 2 saturated heterocycles. The average Bonchev–Trinajstić information content (AvgIpc) is 3.26. The average molecular weight is 565 g/mol. The molecule has 2 N–H and O–H groups in total. The summed E-state index contributed by atoms with van der Waals surface area (Å²) < 4.78 is 16.6. The van der Waals surface area contributed by atoms with Crippen LogP contribution in [0.5, 0.6) is 5.75 Å². The van der Waals surface area contributed by atoms with Gasteiger partial charge in [0.1, 0.15) is 12.4 Å². The second kappa shape index (κ2) is 13.7. The number of methoxy groups -OCH3 is 1. The molecule has 9 heteroatoms. The zero-order valence-corrected chi connectivity index (χ0v) is 22.1. The molecule has 1 atom stereocenters. The molecule has 0 bridgehead atoms. The maximum atomic E-state index is 5.91. The van der Waals surface area contributed by atoms with Crippen molar-refractivity contribution in [1.82, 2.24) is 15.5 Å². The SMILES string of the molecule is CN=C(NCc1ccc(C)cc1OCCOC)NCC1(N2CCOCC2)CCSC1.I. The number of halogens is 1. The number of benzene rings is 1. The molecule has 2 heterocycles. The van der Waals surface area contributed by atoms with E-state index in [2.05, 4.69) is 45.6 Å². The molecule has 2 aliphatic rings. The fourth-order valence-electron chi connectivity index (χ4n) is 3.96. The summed E-state index contributed by atoms with van der Waals surface area (Å²) in [6.07, 6.45) is 1.21. The number of nitrogens with one attached hydrogen (secondary N) is 2. The van der Waals surface area contributed by atoms with Crippen LogP contribution in [0, 0.1) is 6.92 Å². The first kappa shape index (κ1) is 26.5. The third-order valence-electron chi connectivity index (χ3n) is 5.79. The minimum Gasteiger partial charge on any atom is -0.491 e. The predicted molar refractivity (Wildman–Crippen MR) is 139 cm³/mol. The molecule has 1 aromatic carbocycles. The summed E-state index contributed by atoms with van der Waals surface area (Å²) in [5.41, 5.74) is 2.48. The van der Waals surface area contributed by atoms with E-state index in [1.165, 1.54) is 17.7 Å². The molecule has 0 aliphatic carbocycles. The Morgan fingerprint density at radius 3 is 2.74 bits per heavy atom. The number of aliphatic imine (C=N–C) groups is 1. The van der Waals surface area contributed by atoms with E-state index in [0.717, 1.165) is 55.9 Å². The monoisotopic (exact) mass is 564 g/mol. The Hall–Kier alpha value is -0.750. The van der Waals surface area contributed by atoms with Crippen molar-refractivity contribution in [2.45, 2.75) is 25.4 Å². The van der Waals surface area contributed by atoms with Crippen molar-refractivity contribution in [1.29, 1.82) is 0 Å². The number of morpholine rings is 1. The summed E-state index contributed by atoms with van der Waals surface area (Å²) in [5.74, 6) is 4.10. The molecule has 2 aliphatic heterocycles. The van der Waals surface area contributed by atoms with Crippen molar-refractivity contribution in [3.63, 3.8) is 0 Å². The molecule has 0 aromatic heterocycles. The molecule has 0 spiro atoms. The van der Waals surface area contributed by atoms with Gasteiger partial charge in [-0.3, -0.25) is 9.89 Å². The van der Waals surface area contributed by atoms with Gasteiger partial charge in [-0.1, -0.05) is 12.1 Å².